The molecule has 0 radical (unpaired) electrons. The lowest BCUT2D eigenvalue weighted by molar-refractivity contribution is -0.117. The fraction of sp³-hybridized carbons (Fsp3) is 0.211. The van der Waals surface area contributed by atoms with Gasteiger partial charge in [0.1, 0.15) is 5.52 Å². The molecular weight excluding hydrogens is 346 g/mol. The highest BCUT2D eigenvalue weighted by Gasteiger charge is 2.09. The molecule has 0 spiro atoms. The maximum absolute atomic E-state index is 12.4. The summed E-state index contributed by atoms with van der Waals surface area (Å²) in [6, 6.07) is 13.9. The zero-order valence-electron chi connectivity index (χ0n) is 15.0. The van der Waals surface area contributed by atoms with Crippen molar-refractivity contribution >= 4 is 34.1 Å². The summed E-state index contributed by atoms with van der Waals surface area (Å²) in [5.41, 5.74) is 1.60. The lowest BCUT2D eigenvalue weighted by Crippen LogP contribution is -2.26. The molecule has 3 aromatic rings. The Labute approximate surface area is 155 Å². The van der Waals surface area contributed by atoms with Gasteiger partial charge in [0.25, 0.3) is 5.56 Å². The number of aromatic nitrogens is 3. The second-order valence-corrected chi connectivity index (χ2v) is 6.06. The molecule has 0 unspecified atom stereocenters. The quantitative estimate of drug-likeness (QED) is 0.744. The normalized spacial score (nSPS) is 10.6. The second-order valence-electron chi connectivity index (χ2n) is 6.06. The van der Waals surface area contributed by atoms with Crippen molar-refractivity contribution in [2.75, 3.05) is 17.3 Å². The van der Waals surface area contributed by atoms with Crippen molar-refractivity contribution in [2.45, 2.75) is 19.9 Å². The topological polar surface area (TPSA) is 97.2 Å². The molecular formula is C19H19N5O3. The van der Waals surface area contributed by atoms with E-state index in [0.29, 0.717) is 16.6 Å². The van der Waals surface area contributed by atoms with Gasteiger partial charge in [-0.2, -0.15) is 0 Å². The number of hydrogen-bond donors (Lipinski definition) is 1. The highest BCUT2D eigenvalue weighted by Crippen LogP contribution is 2.17. The fourth-order valence-electron chi connectivity index (χ4n) is 2.55. The molecule has 0 bridgehead atoms. The Kier molecular flexibility index (Phi) is 5.25. The number of carbonyl (C=O) groups is 2. The molecule has 0 saturated carbocycles. The maximum atomic E-state index is 12.4. The first-order valence-corrected chi connectivity index (χ1v) is 8.42. The third-order valence-corrected chi connectivity index (χ3v) is 4.19. The lowest BCUT2D eigenvalue weighted by Gasteiger charge is -2.15. The van der Waals surface area contributed by atoms with Crippen LogP contribution in [0.2, 0.25) is 0 Å². The standard InChI is InChI=1S/C19H19N5O3/c1-13(25)23(2)15-9-7-14(8-10-15)20-18(26)11-12-24-19(27)16-5-3-4-6-17(16)21-22-24/h3-10H,11-12H2,1-2H3,(H,20,26). The van der Waals surface area contributed by atoms with Crippen molar-refractivity contribution in [1.29, 1.82) is 0 Å². The lowest BCUT2D eigenvalue weighted by atomic mass is 10.2. The average molecular weight is 365 g/mol. The molecule has 1 N–H and O–H groups in total. The molecule has 1 heterocycles. The summed E-state index contributed by atoms with van der Waals surface area (Å²) >= 11 is 0. The Hall–Kier alpha value is -3.55. The molecule has 3 rings (SSSR count). The number of benzene rings is 2. The predicted octanol–water partition coefficient (Wildman–Crippen LogP) is 1.80. The first-order valence-electron chi connectivity index (χ1n) is 8.42. The minimum absolute atomic E-state index is 0.0753. The number of anilines is 2. The van der Waals surface area contributed by atoms with Gasteiger partial charge in [0.05, 0.1) is 11.9 Å². The van der Waals surface area contributed by atoms with E-state index in [4.69, 9.17) is 0 Å². The smallest absolute Gasteiger partial charge is 0.277 e. The summed E-state index contributed by atoms with van der Waals surface area (Å²) in [4.78, 5) is 37.4. The summed E-state index contributed by atoms with van der Waals surface area (Å²) in [5.74, 6) is -0.321. The van der Waals surface area contributed by atoms with Gasteiger partial charge in [0, 0.05) is 31.8 Å². The number of rotatable bonds is 5. The molecule has 138 valence electrons. The van der Waals surface area contributed by atoms with E-state index in [9.17, 15) is 14.4 Å². The SMILES string of the molecule is CC(=O)N(C)c1ccc(NC(=O)CCn2nnc3ccccc3c2=O)cc1. The summed E-state index contributed by atoms with van der Waals surface area (Å²) < 4.78 is 1.19. The van der Waals surface area contributed by atoms with Crippen molar-refractivity contribution < 1.29 is 9.59 Å². The van der Waals surface area contributed by atoms with Crippen LogP contribution in [0.3, 0.4) is 0 Å². The number of amides is 2. The number of nitrogens with one attached hydrogen (secondary N) is 1. The van der Waals surface area contributed by atoms with Crippen molar-refractivity contribution in [2.24, 2.45) is 0 Å². The highest BCUT2D eigenvalue weighted by molar-refractivity contribution is 5.93. The van der Waals surface area contributed by atoms with Gasteiger partial charge in [-0.15, -0.1) is 5.10 Å². The number of hydrogen-bond acceptors (Lipinski definition) is 5. The van der Waals surface area contributed by atoms with Crippen LogP contribution in [0.25, 0.3) is 10.9 Å². The monoisotopic (exact) mass is 365 g/mol. The van der Waals surface area contributed by atoms with E-state index < -0.39 is 0 Å². The minimum Gasteiger partial charge on any atom is -0.326 e. The molecule has 2 amide bonds. The molecule has 1 aromatic heterocycles. The molecule has 8 nitrogen and oxygen atoms in total. The molecule has 0 saturated heterocycles. The van der Waals surface area contributed by atoms with E-state index in [-0.39, 0.29) is 30.3 Å². The molecule has 8 heteroatoms. The highest BCUT2D eigenvalue weighted by atomic mass is 16.2. The van der Waals surface area contributed by atoms with Gasteiger partial charge in [0.15, 0.2) is 0 Å². The summed E-state index contributed by atoms with van der Waals surface area (Å²) in [6.45, 7) is 1.61. The Balaban J connectivity index is 1.62. The molecule has 0 aliphatic heterocycles. The summed E-state index contributed by atoms with van der Waals surface area (Å²) in [6.07, 6.45) is 0.0853. The average Bonchev–Trinajstić information content (AvgIpc) is 2.67. The number of nitrogens with zero attached hydrogens (tertiary/aromatic N) is 4. The van der Waals surface area contributed by atoms with Crippen LogP contribution in [-0.2, 0) is 16.1 Å². The molecule has 0 aliphatic carbocycles. The van der Waals surface area contributed by atoms with Crippen LogP contribution in [0.5, 0.6) is 0 Å². The van der Waals surface area contributed by atoms with E-state index in [0.717, 1.165) is 5.69 Å². The Bertz CT molecular complexity index is 1040. The van der Waals surface area contributed by atoms with Gasteiger partial charge in [-0.3, -0.25) is 14.4 Å². The van der Waals surface area contributed by atoms with Crippen LogP contribution in [0.15, 0.2) is 53.3 Å². The number of fused-ring (bicyclic) bond motifs is 1. The maximum Gasteiger partial charge on any atom is 0.277 e. The van der Waals surface area contributed by atoms with E-state index in [1.807, 2.05) is 0 Å². The van der Waals surface area contributed by atoms with E-state index in [1.54, 1.807) is 55.6 Å². The third kappa shape index (κ3) is 4.17. The fourth-order valence-corrected chi connectivity index (χ4v) is 2.55. The minimum atomic E-state index is -0.273. The van der Waals surface area contributed by atoms with Crippen LogP contribution in [-0.4, -0.2) is 33.9 Å². The van der Waals surface area contributed by atoms with Crippen LogP contribution >= 0.6 is 0 Å². The van der Waals surface area contributed by atoms with Crippen LogP contribution in [0.1, 0.15) is 13.3 Å². The first kappa shape index (κ1) is 18.2. The van der Waals surface area contributed by atoms with E-state index >= 15 is 0 Å². The van der Waals surface area contributed by atoms with Crippen LogP contribution < -0.4 is 15.8 Å². The van der Waals surface area contributed by atoms with Crippen LogP contribution in [0.4, 0.5) is 11.4 Å². The van der Waals surface area contributed by atoms with E-state index in [2.05, 4.69) is 15.6 Å². The predicted molar refractivity (Wildman–Crippen MR) is 103 cm³/mol. The van der Waals surface area contributed by atoms with Gasteiger partial charge in [-0.25, -0.2) is 4.68 Å². The van der Waals surface area contributed by atoms with Crippen molar-refractivity contribution in [3.05, 3.63) is 58.9 Å². The molecule has 0 aliphatic rings. The Morgan fingerprint density at radius 2 is 1.81 bits per heavy atom. The van der Waals surface area contributed by atoms with Gasteiger partial charge in [-0.05, 0) is 36.4 Å². The zero-order valence-corrected chi connectivity index (χ0v) is 15.0. The Morgan fingerprint density at radius 3 is 2.52 bits per heavy atom. The van der Waals surface area contributed by atoms with Gasteiger partial charge in [-0.1, -0.05) is 17.3 Å². The second kappa shape index (κ2) is 7.77. The van der Waals surface area contributed by atoms with Crippen LogP contribution in [0, 0.1) is 0 Å². The van der Waals surface area contributed by atoms with Crippen molar-refractivity contribution in [1.82, 2.24) is 15.0 Å². The Morgan fingerprint density at radius 1 is 1.11 bits per heavy atom. The van der Waals surface area contributed by atoms with Gasteiger partial charge in [0.2, 0.25) is 11.8 Å². The number of aryl methyl sites for hydroxylation is 1. The molecule has 0 fully saturated rings. The molecule has 2 aromatic carbocycles. The van der Waals surface area contributed by atoms with Gasteiger partial charge >= 0.3 is 0 Å². The van der Waals surface area contributed by atoms with Gasteiger partial charge < -0.3 is 10.2 Å². The first-order chi connectivity index (χ1) is 13.0. The van der Waals surface area contributed by atoms with Crippen molar-refractivity contribution in [3.63, 3.8) is 0 Å². The summed E-state index contributed by atoms with van der Waals surface area (Å²) in [5, 5.41) is 11.1. The van der Waals surface area contributed by atoms with E-state index in [1.165, 1.54) is 16.5 Å². The zero-order chi connectivity index (χ0) is 19.4. The van der Waals surface area contributed by atoms with Crippen molar-refractivity contribution in [3.8, 4) is 0 Å². The third-order valence-electron chi connectivity index (χ3n) is 4.19. The molecule has 27 heavy (non-hydrogen) atoms. The summed E-state index contributed by atoms with van der Waals surface area (Å²) in [7, 11) is 1.68. The largest absolute Gasteiger partial charge is 0.326 e. The molecule has 0 atom stereocenters. The number of carbonyl (C=O) groups excluding carboxylic acids is 2.